The van der Waals surface area contributed by atoms with E-state index in [0.29, 0.717) is 16.0 Å². The second-order valence-electron chi connectivity index (χ2n) is 3.55. The summed E-state index contributed by atoms with van der Waals surface area (Å²) >= 11 is 3.15. The maximum absolute atomic E-state index is 13.6. The minimum absolute atomic E-state index is 0. The van der Waals surface area contributed by atoms with E-state index in [-0.39, 0.29) is 24.3 Å². The molecular weight excluding hydrogens is 280 g/mol. The van der Waals surface area contributed by atoms with Gasteiger partial charge in [-0.25, -0.2) is 4.39 Å². The van der Waals surface area contributed by atoms with Gasteiger partial charge in [0.05, 0.1) is 4.47 Å². The minimum Gasteiger partial charge on any atom is -0.324 e. The van der Waals surface area contributed by atoms with Crippen molar-refractivity contribution < 1.29 is 4.39 Å². The van der Waals surface area contributed by atoms with Crippen molar-refractivity contribution >= 4 is 28.3 Å². The van der Waals surface area contributed by atoms with E-state index in [1.807, 2.05) is 13.0 Å². The Morgan fingerprint density at radius 3 is 2.60 bits per heavy atom. The van der Waals surface area contributed by atoms with Crippen LogP contribution in [0.2, 0.25) is 0 Å². The number of nitrogens with two attached hydrogens (primary N) is 1. The molecule has 1 aromatic carbocycles. The second-order valence-corrected chi connectivity index (χ2v) is 4.41. The fourth-order valence-corrected chi connectivity index (χ4v) is 1.72. The zero-order valence-electron chi connectivity index (χ0n) is 8.84. The van der Waals surface area contributed by atoms with E-state index in [0.717, 1.165) is 6.42 Å². The predicted octanol–water partition coefficient (Wildman–Crippen LogP) is 4.06. The average molecular weight is 297 g/mol. The van der Waals surface area contributed by atoms with Crippen LogP contribution in [0.15, 0.2) is 22.7 Å². The lowest BCUT2D eigenvalue weighted by Crippen LogP contribution is -2.19. The Kier molecular flexibility index (Phi) is 6.41. The zero-order chi connectivity index (χ0) is 10.7. The van der Waals surface area contributed by atoms with Crippen molar-refractivity contribution in [1.82, 2.24) is 0 Å². The van der Waals surface area contributed by atoms with Gasteiger partial charge in [0.2, 0.25) is 0 Å². The zero-order valence-corrected chi connectivity index (χ0v) is 11.2. The van der Waals surface area contributed by atoms with Gasteiger partial charge in [-0.05, 0) is 27.9 Å². The number of hydrogen-bond donors (Lipinski definition) is 1. The van der Waals surface area contributed by atoms with Crippen LogP contribution in [0.4, 0.5) is 4.39 Å². The Morgan fingerprint density at radius 2 is 2.07 bits per heavy atom. The van der Waals surface area contributed by atoms with Gasteiger partial charge in [-0.2, -0.15) is 0 Å². The largest absolute Gasteiger partial charge is 0.324 e. The van der Waals surface area contributed by atoms with Crippen LogP contribution < -0.4 is 5.73 Å². The van der Waals surface area contributed by atoms with Gasteiger partial charge in [0, 0.05) is 11.6 Å². The first-order valence-electron chi connectivity index (χ1n) is 4.77. The smallest absolute Gasteiger partial charge is 0.142 e. The maximum Gasteiger partial charge on any atom is 0.142 e. The molecule has 0 amide bonds. The first-order chi connectivity index (χ1) is 6.57. The van der Waals surface area contributed by atoms with Gasteiger partial charge < -0.3 is 5.73 Å². The quantitative estimate of drug-likeness (QED) is 0.894. The number of halogens is 3. The molecule has 1 nitrogen and oxygen atoms in total. The minimum atomic E-state index is -0.236. The molecule has 0 radical (unpaired) electrons. The van der Waals surface area contributed by atoms with Crippen molar-refractivity contribution in [3.63, 3.8) is 0 Å². The van der Waals surface area contributed by atoms with E-state index in [9.17, 15) is 4.39 Å². The molecule has 4 heteroatoms. The molecule has 15 heavy (non-hydrogen) atoms. The van der Waals surface area contributed by atoms with Crippen LogP contribution >= 0.6 is 28.3 Å². The third kappa shape index (κ3) is 3.44. The lowest BCUT2D eigenvalue weighted by atomic mass is 9.93. The molecule has 0 saturated carbocycles. The monoisotopic (exact) mass is 295 g/mol. The van der Waals surface area contributed by atoms with Crippen molar-refractivity contribution in [2.45, 2.75) is 26.3 Å². The molecule has 0 fully saturated rings. The molecule has 1 unspecified atom stereocenters. The first kappa shape index (κ1) is 14.9. The van der Waals surface area contributed by atoms with E-state index in [4.69, 9.17) is 5.73 Å². The molecule has 0 aliphatic rings. The normalized spacial score (nSPS) is 14.2. The van der Waals surface area contributed by atoms with Gasteiger partial charge in [0.25, 0.3) is 0 Å². The van der Waals surface area contributed by atoms with E-state index < -0.39 is 0 Å². The highest BCUT2D eigenvalue weighted by Gasteiger charge is 2.17. The highest BCUT2D eigenvalue weighted by atomic mass is 79.9. The Hall–Kier alpha value is -0.120. The summed E-state index contributed by atoms with van der Waals surface area (Å²) in [7, 11) is 0. The Labute approximate surface area is 105 Å². The standard InChI is InChI=1S/C11H15BrFN.ClH/c1-3-7(2)11(14)8-5-4-6-9(12)10(8)13;/h4-7,11H,3,14H2,1-2H3;1H/t7?,11-;/m0./s1. The lowest BCUT2D eigenvalue weighted by Gasteiger charge is -2.19. The van der Waals surface area contributed by atoms with Crippen molar-refractivity contribution in [3.8, 4) is 0 Å². The van der Waals surface area contributed by atoms with E-state index >= 15 is 0 Å². The summed E-state index contributed by atoms with van der Waals surface area (Å²) in [6, 6.07) is 5.02. The summed E-state index contributed by atoms with van der Waals surface area (Å²) < 4.78 is 14.1. The van der Waals surface area contributed by atoms with Crippen molar-refractivity contribution in [3.05, 3.63) is 34.1 Å². The Bertz CT molecular complexity index is 319. The third-order valence-corrected chi connectivity index (χ3v) is 3.21. The lowest BCUT2D eigenvalue weighted by molar-refractivity contribution is 0.438. The second kappa shape index (κ2) is 6.46. The number of benzene rings is 1. The van der Waals surface area contributed by atoms with Gasteiger partial charge in [-0.1, -0.05) is 32.4 Å². The summed E-state index contributed by atoms with van der Waals surface area (Å²) in [6.07, 6.45) is 0.952. The van der Waals surface area contributed by atoms with Gasteiger partial charge in [0.15, 0.2) is 0 Å². The van der Waals surface area contributed by atoms with E-state index in [1.165, 1.54) is 0 Å². The number of rotatable bonds is 3. The molecule has 2 atom stereocenters. The molecule has 0 aromatic heterocycles. The molecule has 86 valence electrons. The molecular formula is C11H16BrClFN. The summed E-state index contributed by atoms with van der Waals surface area (Å²) in [5, 5.41) is 0. The van der Waals surface area contributed by atoms with Crippen molar-refractivity contribution in [1.29, 1.82) is 0 Å². The van der Waals surface area contributed by atoms with Gasteiger partial charge in [0.1, 0.15) is 5.82 Å². The molecule has 1 aromatic rings. The molecule has 2 N–H and O–H groups in total. The maximum atomic E-state index is 13.6. The fraction of sp³-hybridized carbons (Fsp3) is 0.455. The molecule has 0 aliphatic heterocycles. The van der Waals surface area contributed by atoms with Crippen LogP contribution in [0.5, 0.6) is 0 Å². The number of hydrogen-bond acceptors (Lipinski definition) is 1. The fourth-order valence-electron chi connectivity index (χ4n) is 1.34. The Balaban J connectivity index is 0.00000196. The third-order valence-electron chi connectivity index (χ3n) is 2.60. The van der Waals surface area contributed by atoms with Crippen molar-refractivity contribution in [2.24, 2.45) is 11.7 Å². The highest BCUT2D eigenvalue weighted by molar-refractivity contribution is 9.10. The molecule has 0 bridgehead atoms. The van der Waals surface area contributed by atoms with Crippen LogP contribution in [0.1, 0.15) is 31.9 Å². The highest BCUT2D eigenvalue weighted by Crippen LogP contribution is 2.27. The van der Waals surface area contributed by atoms with Crippen LogP contribution in [-0.4, -0.2) is 0 Å². The van der Waals surface area contributed by atoms with E-state index in [1.54, 1.807) is 12.1 Å². The van der Waals surface area contributed by atoms with E-state index in [2.05, 4.69) is 22.9 Å². The molecule has 1 rings (SSSR count). The van der Waals surface area contributed by atoms with Crippen LogP contribution in [0, 0.1) is 11.7 Å². The molecule has 0 spiro atoms. The molecule has 0 heterocycles. The van der Waals surface area contributed by atoms with Gasteiger partial charge in [-0.3, -0.25) is 0 Å². The Morgan fingerprint density at radius 1 is 1.47 bits per heavy atom. The van der Waals surface area contributed by atoms with Gasteiger partial charge >= 0.3 is 0 Å². The molecule has 0 saturated heterocycles. The molecule has 0 aliphatic carbocycles. The van der Waals surface area contributed by atoms with Crippen LogP contribution in [0.3, 0.4) is 0 Å². The topological polar surface area (TPSA) is 26.0 Å². The van der Waals surface area contributed by atoms with Crippen molar-refractivity contribution in [2.75, 3.05) is 0 Å². The summed E-state index contributed by atoms with van der Waals surface area (Å²) in [5.41, 5.74) is 6.55. The summed E-state index contributed by atoms with van der Waals surface area (Å²) in [6.45, 7) is 4.09. The predicted molar refractivity (Wildman–Crippen MR) is 67.7 cm³/mol. The average Bonchev–Trinajstić information content (AvgIpc) is 2.20. The van der Waals surface area contributed by atoms with Crippen LogP contribution in [-0.2, 0) is 0 Å². The summed E-state index contributed by atoms with van der Waals surface area (Å²) in [5.74, 6) is 0.0547. The SMILES string of the molecule is CCC(C)[C@H](N)c1cccc(Br)c1F.Cl. The van der Waals surface area contributed by atoms with Crippen LogP contribution in [0.25, 0.3) is 0 Å². The first-order valence-corrected chi connectivity index (χ1v) is 5.56. The summed E-state index contributed by atoms with van der Waals surface area (Å²) in [4.78, 5) is 0. The van der Waals surface area contributed by atoms with Gasteiger partial charge in [-0.15, -0.1) is 12.4 Å².